The molecule has 7 heteroatoms. The van der Waals surface area contributed by atoms with E-state index in [0.29, 0.717) is 23.9 Å². The smallest absolute Gasteiger partial charge is 0.274 e. The van der Waals surface area contributed by atoms with Gasteiger partial charge in [-0.05, 0) is 45.2 Å². The van der Waals surface area contributed by atoms with E-state index in [1.54, 1.807) is 17.2 Å². The quantitative estimate of drug-likeness (QED) is 0.670. The summed E-state index contributed by atoms with van der Waals surface area (Å²) in [6.45, 7) is 4.58. The summed E-state index contributed by atoms with van der Waals surface area (Å²) in [7, 11) is 0. The number of likely N-dealkylation sites (tertiary alicyclic amines) is 1. The van der Waals surface area contributed by atoms with Gasteiger partial charge in [-0.2, -0.15) is 4.98 Å². The van der Waals surface area contributed by atoms with Crippen LogP contribution in [0.2, 0.25) is 0 Å². The summed E-state index contributed by atoms with van der Waals surface area (Å²) in [5, 5.41) is 0. The van der Waals surface area contributed by atoms with Crippen molar-refractivity contribution in [1.82, 2.24) is 24.8 Å². The number of benzene rings is 1. The molecule has 0 bridgehead atoms. The number of amides is 1. The maximum atomic E-state index is 13.0. The number of hydrogen-bond acceptors (Lipinski definition) is 6. The number of aryl methyl sites for hydroxylation is 2. The Labute approximate surface area is 169 Å². The lowest BCUT2D eigenvalue weighted by Crippen LogP contribution is -2.39. The molecular weight excluding hydrogens is 366 g/mol. The van der Waals surface area contributed by atoms with Gasteiger partial charge in [0.1, 0.15) is 11.4 Å². The van der Waals surface area contributed by atoms with Gasteiger partial charge < -0.3 is 9.64 Å². The van der Waals surface area contributed by atoms with Gasteiger partial charge in [0.05, 0.1) is 12.2 Å². The first-order chi connectivity index (χ1) is 14.1. The molecule has 1 fully saturated rings. The van der Waals surface area contributed by atoms with E-state index in [-0.39, 0.29) is 11.9 Å². The van der Waals surface area contributed by atoms with E-state index in [1.165, 1.54) is 12.4 Å². The molecular formula is C22H23N5O2. The Morgan fingerprint density at radius 3 is 2.69 bits per heavy atom. The molecule has 3 heterocycles. The molecule has 2 aromatic heterocycles. The maximum absolute atomic E-state index is 13.0. The number of ether oxygens (including phenoxy) is 1. The lowest BCUT2D eigenvalue weighted by molar-refractivity contribution is 0.0592. The molecule has 0 N–H and O–H groups in total. The third-order valence-electron chi connectivity index (χ3n) is 4.94. The van der Waals surface area contributed by atoms with Crippen molar-refractivity contribution in [2.45, 2.75) is 39.2 Å². The minimum atomic E-state index is -0.210. The fraction of sp³-hybridized carbons (Fsp3) is 0.318. The molecule has 1 aliphatic heterocycles. The van der Waals surface area contributed by atoms with Crippen LogP contribution in [0.3, 0.4) is 0 Å². The van der Waals surface area contributed by atoms with E-state index in [4.69, 9.17) is 4.74 Å². The second kappa shape index (κ2) is 8.34. The Hall–Kier alpha value is -3.35. The average Bonchev–Trinajstić information content (AvgIpc) is 2.75. The molecule has 1 atom stereocenters. The molecule has 4 rings (SSSR count). The van der Waals surface area contributed by atoms with Gasteiger partial charge in [-0.15, -0.1) is 0 Å². The number of hydrogen-bond donors (Lipinski definition) is 0. The van der Waals surface area contributed by atoms with Crippen LogP contribution in [0.4, 0.5) is 0 Å². The van der Waals surface area contributed by atoms with Gasteiger partial charge in [0.15, 0.2) is 5.82 Å². The Morgan fingerprint density at radius 2 is 1.93 bits per heavy atom. The summed E-state index contributed by atoms with van der Waals surface area (Å²) in [6, 6.07) is 9.41. The molecule has 0 radical (unpaired) electrons. The molecule has 0 spiro atoms. The Morgan fingerprint density at radius 1 is 1.10 bits per heavy atom. The van der Waals surface area contributed by atoms with Crippen molar-refractivity contribution in [3.8, 4) is 11.6 Å². The highest BCUT2D eigenvalue weighted by molar-refractivity contribution is 5.92. The van der Waals surface area contributed by atoms with Crippen LogP contribution < -0.4 is 4.74 Å². The maximum Gasteiger partial charge on any atom is 0.274 e. The van der Waals surface area contributed by atoms with E-state index in [0.717, 1.165) is 36.3 Å². The van der Waals surface area contributed by atoms with Crippen molar-refractivity contribution >= 4 is 5.91 Å². The molecule has 3 aromatic rings. The monoisotopic (exact) mass is 389 g/mol. The number of aromatic nitrogens is 4. The predicted octanol–water partition coefficient (Wildman–Crippen LogP) is 4.04. The lowest BCUT2D eigenvalue weighted by Gasteiger charge is -2.34. The minimum absolute atomic E-state index is 0.145. The molecule has 1 amide bonds. The second-order valence-corrected chi connectivity index (χ2v) is 7.22. The molecule has 1 aromatic carbocycles. The molecule has 29 heavy (non-hydrogen) atoms. The molecule has 7 nitrogen and oxygen atoms in total. The SMILES string of the molecule is Cc1ccc(Oc2cc(C)nc(C3CCCCN3C(=O)c3cnccn3)n2)cc1. The third-order valence-corrected chi connectivity index (χ3v) is 4.94. The van der Waals surface area contributed by atoms with Crippen LogP contribution in [0.15, 0.2) is 48.9 Å². The normalized spacial score (nSPS) is 16.5. The number of carbonyl (C=O) groups excluding carboxylic acids is 1. The van der Waals surface area contributed by atoms with Gasteiger partial charge in [0.25, 0.3) is 5.91 Å². The standard InChI is InChI=1S/C22H23N5O2/c1-15-6-8-17(9-7-15)29-20-13-16(2)25-21(26-20)19-5-3-4-12-27(19)22(28)18-14-23-10-11-24-18/h6-11,13-14,19H,3-5,12H2,1-2H3. The fourth-order valence-electron chi connectivity index (χ4n) is 3.49. The van der Waals surface area contributed by atoms with Gasteiger partial charge in [0.2, 0.25) is 5.88 Å². The van der Waals surface area contributed by atoms with Crippen LogP contribution in [-0.2, 0) is 0 Å². The van der Waals surface area contributed by atoms with Gasteiger partial charge in [-0.1, -0.05) is 17.7 Å². The predicted molar refractivity (Wildman–Crippen MR) is 108 cm³/mol. The highest BCUT2D eigenvalue weighted by Crippen LogP contribution is 2.31. The summed E-state index contributed by atoms with van der Waals surface area (Å²) in [4.78, 5) is 32.3. The van der Waals surface area contributed by atoms with Crippen LogP contribution in [0.25, 0.3) is 0 Å². The van der Waals surface area contributed by atoms with E-state index >= 15 is 0 Å². The molecule has 1 unspecified atom stereocenters. The third kappa shape index (κ3) is 4.39. The topological polar surface area (TPSA) is 81.1 Å². The molecule has 0 saturated carbocycles. The fourth-order valence-corrected chi connectivity index (χ4v) is 3.49. The Kier molecular flexibility index (Phi) is 5.46. The summed E-state index contributed by atoms with van der Waals surface area (Å²) >= 11 is 0. The first-order valence-corrected chi connectivity index (χ1v) is 9.77. The van der Waals surface area contributed by atoms with Crippen LogP contribution >= 0.6 is 0 Å². The van der Waals surface area contributed by atoms with Gasteiger partial charge in [0, 0.05) is 30.7 Å². The summed E-state index contributed by atoms with van der Waals surface area (Å²) in [6.07, 6.45) is 7.35. The number of carbonyl (C=O) groups is 1. The molecule has 1 saturated heterocycles. The molecule has 148 valence electrons. The summed E-state index contributed by atoms with van der Waals surface area (Å²) < 4.78 is 5.95. The van der Waals surface area contributed by atoms with Crippen LogP contribution in [0, 0.1) is 13.8 Å². The first-order valence-electron chi connectivity index (χ1n) is 9.77. The average molecular weight is 389 g/mol. The zero-order chi connectivity index (χ0) is 20.2. The van der Waals surface area contributed by atoms with E-state index in [9.17, 15) is 4.79 Å². The summed E-state index contributed by atoms with van der Waals surface area (Å²) in [5.74, 6) is 1.66. The highest BCUT2D eigenvalue weighted by atomic mass is 16.5. The Balaban J connectivity index is 1.62. The zero-order valence-electron chi connectivity index (χ0n) is 16.6. The van der Waals surface area contributed by atoms with Crippen molar-refractivity contribution in [3.05, 3.63) is 71.7 Å². The lowest BCUT2D eigenvalue weighted by atomic mass is 10.0. The van der Waals surface area contributed by atoms with Gasteiger partial charge >= 0.3 is 0 Å². The second-order valence-electron chi connectivity index (χ2n) is 7.22. The highest BCUT2D eigenvalue weighted by Gasteiger charge is 2.31. The van der Waals surface area contributed by atoms with Gasteiger partial charge in [-0.25, -0.2) is 9.97 Å². The number of nitrogens with zero attached hydrogens (tertiary/aromatic N) is 5. The summed E-state index contributed by atoms with van der Waals surface area (Å²) in [5.41, 5.74) is 2.30. The van der Waals surface area contributed by atoms with Crippen molar-refractivity contribution in [2.24, 2.45) is 0 Å². The van der Waals surface area contributed by atoms with Crippen molar-refractivity contribution in [1.29, 1.82) is 0 Å². The van der Waals surface area contributed by atoms with Crippen LogP contribution in [0.1, 0.15) is 52.9 Å². The number of rotatable bonds is 4. The largest absolute Gasteiger partial charge is 0.439 e. The van der Waals surface area contributed by atoms with E-state index in [2.05, 4.69) is 19.9 Å². The molecule has 1 aliphatic rings. The zero-order valence-corrected chi connectivity index (χ0v) is 16.6. The van der Waals surface area contributed by atoms with Crippen molar-refractivity contribution in [3.63, 3.8) is 0 Å². The van der Waals surface area contributed by atoms with Gasteiger partial charge in [-0.3, -0.25) is 9.78 Å². The van der Waals surface area contributed by atoms with Crippen molar-refractivity contribution < 1.29 is 9.53 Å². The van der Waals surface area contributed by atoms with E-state index < -0.39 is 0 Å². The minimum Gasteiger partial charge on any atom is -0.439 e. The Bertz CT molecular complexity index is 992. The van der Waals surface area contributed by atoms with Crippen LogP contribution in [-0.4, -0.2) is 37.3 Å². The van der Waals surface area contributed by atoms with Crippen molar-refractivity contribution in [2.75, 3.05) is 6.54 Å². The van der Waals surface area contributed by atoms with Crippen LogP contribution in [0.5, 0.6) is 11.6 Å². The molecule has 0 aliphatic carbocycles. The number of piperidine rings is 1. The first kappa shape index (κ1) is 19.0. The van der Waals surface area contributed by atoms with E-state index in [1.807, 2.05) is 38.1 Å².